The number of nitrogens with one attached hydrogen (secondary N) is 1. The first-order valence-corrected chi connectivity index (χ1v) is 9.60. The van der Waals surface area contributed by atoms with Crippen LogP contribution in [0.3, 0.4) is 0 Å². The molecule has 0 fully saturated rings. The predicted molar refractivity (Wildman–Crippen MR) is 108 cm³/mol. The zero-order valence-electron chi connectivity index (χ0n) is 15.5. The van der Waals surface area contributed by atoms with E-state index in [9.17, 15) is 4.79 Å². The highest BCUT2D eigenvalue weighted by atomic mass is 32.2. The van der Waals surface area contributed by atoms with Crippen molar-refractivity contribution >= 4 is 28.4 Å². The zero-order chi connectivity index (χ0) is 18.7. The summed E-state index contributed by atoms with van der Waals surface area (Å²) in [6.45, 7) is 4.00. The van der Waals surface area contributed by atoms with Gasteiger partial charge in [-0.15, -0.1) is 11.8 Å². The molecule has 0 unspecified atom stereocenters. The molecule has 1 N–H and O–H groups in total. The van der Waals surface area contributed by atoms with Crippen molar-refractivity contribution in [3.8, 4) is 11.5 Å². The lowest BCUT2D eigenvalue weighted by molar-refractivity contribution is 0.102. The third-order valence-electron chi connectivity index (χ3n) is 4.51. The third kappa shape index (κ3) is 3.58. The van der Waals surface area contributed by atoms with Gasteiger partial charge in [-0.25, -0.2) is 0 Å². The Morgan fingerprint density at radius 3 is 2.50 bits per heavy atom. The van der Waals surface area contributed by atoms with E-state index in [-0.39, 0.29) is 5.78 Å². The van der Waals surface area contributed by atoms with E-state index in [0.29, 0.717) is 11.5 Å². The lowest BCUT2D eigenvalue weighted by atomic mass is 10.1. The zero-order valence-corrected chi connectivity index (χ0v) is 16.3. The molecule has 0 saturated carbocycles. The summed E-state index contributed by atoms with van der Waals surface area (Å²) >= 11 is 1.62. The monoisotopic (exact) mass is 369 g/mol. The minimum atomic E-state index is 0.156. The number of hydrogen-bond donors (Lipinski definition) is 1. The summed E-state index contributed by atoms with van der Waals surface area (Å²) in [4.78, 5) is 16.0. The third-order valence-corrected chi connectivity index (χ3v) is 5.49. The average Bonchev–Trinajstić information content (AvgIpc) is 2.98. The van der Waals surface area contributed by atoms with Crippen LogP contribution in [0.2, 0.25) is 0 Å². The van der Waals surface area contributed by atoms with Crippen LogP contribution in [0, 0.1) is 13.8 Å². The summed E-state index contributed by atoms with van der Waals surface area (Å²) in [6, 6.07) is 11.9. The minimum absolute atomic E-state index is 0.156. The number of H-pyrrole nitrogens is 1. The van der Waals surface area contributed by atoms with Crippen LogP contribution in [0.25, 0.3) is 10.9 Å². The molecule has 0 spiro atoms. The molecule has 5 heteroatoms. The molecule has 0 aliphatic rings. The highest BCUT2D eigenvalue weighted by molar-refractivity contribution is 7.99. The van der Waals surface area contributed by atoms with Crippen molar-refractivity contribution in [2.75, 3.05) is 20.0 Å². The van der Waals surface area contributed by atoms with Gasteiger partial charge in [0.25, 0.3) is 0 Å². The van der Waals surface area contributed by atoms with Crippen molar-refractivity contribution in [1.29, 1.82) is 0 Å². The number of para-hydroxylation sites is 1. The maximum atomic E-state index is 12.8. The highest BCUT2D eigenvalue weighted by Gasteiger charge is 2.16. The molecular weight excluding hydrogens is 346 g/mol. The fourth-order valence-electron chi connectivity index (χ4n) is 3.14. The van der Waals surface area contributed by atoms with Crippen LogP contribution >= 0.6 is 11.8 Å². The van der Waals surface area contributed by atoms with E-state index in [2.05, 4.69) is 4.98 Å². The molecule has 0 bridgehead atoms. The second kappa shape index (κ2) is 7.87. The van der Waals surface area contributed by atoms with E-state index in [1.807, 2.05) is 50.2 Å². The Balaban J connectivity index is 1.72. The maximum Gasteiger partial charge on any atom is 0.175 e. The van der Waals surface area contributed by atoms with Crippen molar-refractivity contribution in [2.24, 2.45) is 0 Å². The number of ketones is 1. The number of aryl methyl sites for hydroxylation is 2. The van der Waals surface area contributed by atoms with Crippen LogP contribution in [-0.2, 0) is 5.75 Å². The van der Waals surface area contributed by atoms with Gasteiger partial charge in [0.05, 0.1) is 20.0 Å². The standard InChI is InChI=1S/C21H23NO3S/c1-13-9-19(24-3)20(25-4)10-15(13)11-26-12-18(23)21-14(2)22-17-8-6-5-7-16(17)21/h5-10,22H,11-12H2,1-4H3. The number of hydrogen-bond acceptors (Lipinski definition) is 4. The van der Waals surface area contributed by atoms with Crippen LogP contribution in [0.5, 0.6) is 11.5 Å². The van der Waals surface area contributed by atoms with E-state index in [0.717, 1.165) is 44.8 Å². The summed E-state index contributed by atoms with van der Waals surface area (Å²) in [5.74, 6) is 2.79. The molecule has 0 radical (unpaired) electrons. The number of aromatic nitrogens is 1. The molecule has 1 heterocycles. The number of carbonyl (C=O) groups is 1. The van der Waals surface area contributed by atoms with Crippen LogP contribution in [0.15, 0.2) is 36.4 Å². The SMILES string of the molecule is COc1cc(C)c(CSCC(=O)c2c(C)[nH]c3ccccc23)cc1OC. The van der Waals surface area contributed by atoms with Gasteiger partial charge < -0.3 is 14.5 Å². The summed E-state index contributed by atoms with van der Waals surface area (Å²) in [5, 5.41) is 0.998. The number of Topliss-reactive ketones (excluding diaryl/α,β-unsaturated/α-hetero) is 1. The molecular formula is C21H23NO3S. The first-order valence-electron chi connectivity index (χ1n) is 8.45. The smallest absolute Gasteiger partial charge is 0.175 e. The molecule has 0 aliphatic heterocycles. The average molecular weight is 369 g/mol. The van der Waals surface area contributed by atoms with E-state index < -0.39 is 0 Å². The molecule has 0 amide bonds. The first-order chi connectivity index (χ1) is 12.5. The lowest BCUT2D eigenvalue weighted by Crippen LogP contribution is -2.04. The molecule has 2 aromatic carbocycles. The molecule has 3 rings (SSSR count). The van der Waals surface area contributed by atoms with Crippen molar-refractivity contribution in [3.05, 3.63) is 58.8 Å². The van der Waals surface area contributed by atoms with E-state index in [1.165, 1.54) is 0 Å². The largest absolute Gasteiger partial charge is 0.493 e. The van der Waals surface area contributed by atoms with Gasteiger partial charge in [-0.2, -0.15) is 0 Å². The highest BCUT2D eigenvalue weighted by Crippen LogP contribution is 2.32. The molecule has 0 saturated heterocycles. The lowest BCUT2D eigenvalue weighted by Gasteiger charge is -2.12. The Kier molecular flexibility index (Phi) is 5.57. The Morgan fingerprint density at radius 1 is 1.08 bits per heavy atom. The van der Waals surface area contributed by atoms with E-state index in [1.54, 1.807) is 26.0 Å². The summed E-state index contributed by atoms with van der Waals surface area (Å²) in [5.41, 5.74) is 5.02. The Morgan fingerprint density at radius 2 is 1.77 bits per heavy atom. The Labute approximate surface area is 157 Å². The predicted octanol–water partition coefficient (Wildman–Crippen LogP) is 4.92. The van der Waals surface area contributed by atoms with Crippen LogP contribution in [0.4, 0.5) is 0 Å². The maximum absolute atomic E-state index is 12.8. The molecule has 3 aromatic rings. The summed E-state index contributed by atoms with van der Waals surface area (Å²) in [7, 11) is 3.27. The molecule has 136 valence electrons. The number of methoxy groups -OCH3 is 2. The topological polar surface area (TPSA) is 51.3 Å². The van der Waals surface area contributed by atoms with Gasteiger partial charge in [0.1, 0.15) is 0 Å². The quantitative estimate of drug-likeness (QED) is 0.601. The van der Waals surface area contributed by atoms with E-state index >= 15 is 0 Å². The van der Waals surface area contributed by atoms with Gasteiger partial charge in [0.15, 0.2) is 17.3 Å². The van der Waals surface area contributed by atoms with Gasteiger partial charge in [-0.05, 0) is 43.2 Å². The normalized spacial score (nSPS) is 10.9. The second-order valence-electron chi connectivity index (χ2n) is 6.22. The summed E-state index contributed by atoms with van der Waals surface area (Å²) < 4.78 is 10.7. The fraction of sp³-hybridized carbons (Fsp3) is 0.286. The minimum Gasteiger partial charge on any atom is -0.493 e. The number of thioether (sulfide) groups is 1. The van der Waals surface area contributed by atoms with Crippen molar-refractivity contribution < 1.29 is 14.3 Å². The van der Waals surface area contributed by atoms with Gasteiger partial charge in [0.2, 0.25) is 0 Å². The molecule has 4 nitrogen and oxygen atoms in total. The fourth-order valence-corrected chi connectivity index (χ4v) is 4.10. The van der Waals surface area contributed by atoms with Gasteiger partial charge in [-0.3, -0.25) is 4.79 Å². The number of rotatable bonds is 7. The number of carbonyl (C=O) groups excluding carboxylic acids is 1. The summed E-state index contributed by atoms with van der Waals surface area (Å²) in [6.07, 6.45) is 0. The van der Waals surface area contributed by atoms with Gasteiger partial charge in [-0.1, -0.05) is 18.2 Å². The molecule has 26 heavy (non-hydrogen) atoms. The van der Waals surface area contributed by atoms with Crippen molar-refractivity contribution in [3.63, 3.8) is 0 Å². The van der Waals surface area contributed by atoms with Crippen LogP contribution in [0.1, 0.15) is 27.2 Å². The van der Waals surface area contributed by atoms with E-state index in [4.69, 9.17) is 9.47 Å². The number of fused-ring (bicyclic) bond motifs is 1. The molecule has 0 aliphatic carbocycles. The Hall–Kier alpha value is -2.40. The van der Waals surface area contributed by atoms with Crippen molar-refractivity contribution in [1.82, 2.24) is 4.98 Å². The van der Waals surface area contributed by atoms with Crippen LogP contribution in [-0.4, -0.2) is 30.7 Å². The van der Waals surface area contributed by atoms with Gasteiger partial charge in [0, 0.05) is 27.9 Å². The van der Waals surface area contributed by atoms with Crippen LogP contribution < -0.4 is 9.47 Å². The molecule has 1 aromatic heterocycles. The van der Waals surface area contributed by atoms with Crippen molar-refractivity contribution in [2.45, 2.75) is 19.6 Å². The molecule has 0 atom stereocenters. The Bertz CT molecular complexity index is 946. The van der Waals surface area contributed by atoms with Gasteiger partial charge >= 0.3 is 0 Å². The number of benzene rings is 2. The number of aromatic amines is 1. The number of ether oxygens (including phenoxy) is 2. The second-order valence-corrected chi connectivity index (χ2v) is 7.21. The first kappa shape index (κ1) is 18.4.